The van der Waals surface area contributed by atoms with Crippen LogP contribution in [0.4, 0.5) is 4.79 Å². The number of urea groups is 1. The van der Waals surface area contributed by atoms with Crippen molar-refractivity contribution in [3.8, 4) is 0 Å². The second-order valence-electron chi connectivity index (χ2n) is 2.36. The molecule has 1 atom stereocenters. The van der Waals surface area contributed by atoms with E-state index >= 15 is 0 Å². The van der Waals surface area contributed by atoms with E-state index < -0.39 is 0 Å². The molecule has 5 nitrogen and oxygen atoms in total. The summed E-state index contributed by atoms with van der Waals surface area (Å²) in [6, 6.07) is -0.269. The van der Waals surface area contributed by atoms with Crippen molar-refractivity contribution in [1.29, 1.82) is 0 Å². The van der Waals surface area contributed by atoms with Crippen LogP contribution in [-0.4, -0.2) is 43.2 Å². The fourth-order valence-electron chi connectivity index (χ4n) is 0.488. The number of aliphatic hydroxyl groups is 1. The molecule has 1 unspecified atom stereocenters. The Morgan fingerprint density at radius 3 is 2.69 bits per heavy atom. The lowest BCUT2D eigenvalue weighted by atomic mass is 10.5. The zero-order valence-electron chi connectivity index (χ0n) is 7.99. The predicted molar refractivity (Wildman–Crippen MR) is 50.1 cm³/mol. The Kier molecular flexibility index (Phi) is 7.14. The molecule has 0 aromatic heterocycles. The number of hydrogen-bond donors (Lipinski definition) is 2. The standard InChI is InChI=1S/C5H10N2O.C3H6O2/c1-3-6-5(8)7-4-2;4-1-3-2-5-3/h3H,4H2,1-2H3,(H,7,8);3-4H,1-2H2. The molecular formula is C8H16N2O3. The van der Waals surface area contributed by atoms with Crippen molar-refractivity contribution in [1.82, 2.24) is 5.32 Å². The number of aliphatic hydroxyl groups excluding tert-OH is 1. The molecule has 1 rings (SSSR count). The molecule has 1 heterocycles. The Bertz CT molecular complexity index is 167. The predicted octanol–water partition coefficient (Wildman–Crippen LogP) is 0.184. The van der Waals surface area contributed by atoms with Gasteiger partial charge in [-0.05, 0) is 13.8 Å². The van der Waals surface area contributed by atoms with Crippen LogP contribution in [0.3, 0.4) is 0 Å². The van der Waals surface area contributed by atoms with Gasteiger partial charge in [0.05, 0.1) is 13.2 Å². The number of carbonyl (C=O) groups excluding carboxylic acids is 1. The van der Waals surface area contributed by atoms with E-state index in [2.05, 4.69) is 15.0 Å². The van der Waals surface area contributed by atoms with E-state index in [9.17, 15) is 4.79 Å². The molecule has 1 aliphatic rings. The molecule has 0 aromatic rings. The van der Waals surface area contributed by atoms with E-state index in [1.165, 1.54) is 6.21 Å². The van der Waals surface area contributed by atoms with Gasteiger partial charge in [0.15, 0.2) is 0 Å². The molecule has 76 valence electrons. The molecule has 0 saturated carbocycles. The van der Waals surface area contributed by atoms with Gasteiger partial charge in [-0.15, -0.1) is 0 Å². The third-order valence-corrected chi connectivity index (χ3v) is 1.18. The molecule has 2 amide bonds. The summed E-state index contributed by atoms with van der Waals surface area (Å²) in [6.45, 7) is 5.14. The minimum atomic E-state index is -0.269. The lowest BCUT2D eigenvalue weighted by Gasteiger charge is -1.90. The molecule has 0 spiro atoms. The van der Waals surface area contributed by atoms with Gasteiger partial charge in [0, 0.05) is 12.8 Å². The quantitative estimate of drug-likeness (QED) is 0.479. The van der Waals surface area contributed by atoms with Crippen LogP contribution >= 0.6 is 0 Å². The van der Waals surface area contributed by atoms with Crippen molar-refractivity contribution in [2.45, 2.75) is 20.0 Å². The average molecular weight is 188 g/mol. The lowest BCUT2D eigenvalue weighted by Crippen LogP contribution is -2.18. The van der Waals surface area contributed by atoms with Crippen molar-refractivity contribution >= 4 is 12.2 Å². The summed E-state index contributed by atoms with van der Waals surface area (Å²) in [5.74, 6) is 0. The Morgan fingerprint density at radius 2 is 2.46 bits per heavy atom. The third kappa shape index (κ3) is 8.97. The highest BCUT2D eigenvalue weighted by Crippen LogP contribution is 2.04. The van der Waals surface area contributed by atoms with E-state index in [-0.39, 0.29) is 18.7 Å². The lowest BCUT2D eigenvalue weighted by molar-refractivity contribution is 0.244. The maximum atomic E-state index is 10.3. The van der Waals surface area contributed by atoms with Crippen LogP contribution in [0.5, 0.6) is 0 Å². The van der Waals surface area contributed by atoms with Crippen LogP contribution in [0.1, 0.15) is 13.8 Å². The number of nitrogens with zero attached hydrogens (tertiary/aromatic N) is 1. The molecule has 1 aliphatic heterocycles. The van der Waals surface area contributed by atoms with Crippen molar-refractivity contribution in [2.75, 3.05) is 19.8 Å². The summed E-state index contributed by atoms with van der Waals surface area (Å²) in [6.07, 6.45) is 1.65. The van der Waals surface area contributed by atoms with Gasteiger partial charge in [-0.2, -0.15) is 0 Å². The summed E-state index contributed by atoms with van der Waals surface area (Å²) in [4.78, 5) is 13.8. The first-order valence-electron chi connectivity index (χ1n) is 4.23. The van der Waals surface area contributed by atoms with Gasteiger partial charge >= 0.3 is 6.03 Å². The van der Waals surface area contributed by atoms with E-state index in [4.69, 9.17) is 5.11 Å². The van der Waals surface area contributed by atoms with Crippen molar-refractivity contribution < 1.29 is 14.6 Å². The average Bonchev–Trinajstić information content (AvgIpc) is 2.88. The largest absolute Gasteiger partial charge is 0.394 e. The molecule has 0 aromatic carbocycles. The second kappa shape index (κ2) is 7.70. The third-order valence-electron chi connectivity index (χ3n) is 1.18. The Balaban J connectivity index is 0.000000243. The highest BCUT2D eigenvalue weighted by atomic mass is 16.6. The molecule has 0 bridgehead atoms. The fraction of sp³-hybridized carbons (Fsp3) is 0.750. The molecule has 1 fully saturated rings. The summed E-state index contributed by atoms with van der Waals surface area (Å²) in [5, 5.41) is 10.6. The van der Waals surface area contributed by atoms with Gasteiger partial charge in [-0.1, -0.05) is 0 Å². The van der Waals surface area contributed by atoms with Crippen LogP contribution in [0.15, 0.2) is 4.99 Å². The molecule has 1 saturated heterocycles. The maximum absolute atomic E-state index is 10.3. The van der Waals surface area contributed by atoms with Gasteiger partial charge in [0.1, 0.15) is 6.10 Å². The number of amides is 2. The summed E-state index contributed by atoms with van der Waals surface area (Å²) in [5.41, 5.74) is 0. The van der Waals surface area contributed by atoms with Crippen molar-refractivity contribution in [2.24, 2.45) is 4.99 Å². The zero-order valence-corrected chi connectivity index (χ0v) is 7.99. The molecular weight excluding hydrogens is 172 g/mol. The Labute approximate surface area is 77.8 Å². The monoisotopic (exact) mass is 188 g/mol. The van der Waals surface area contributed by atoms with Crippen molar-refractivity contribution in [3.05, 3.63) is 0 Å². The Morgan fingerprint density at radius 1 is 1.85 bits per heavy atom. The van der Waals surface area contributed by atoms with Gasteiger partial charge < -0.3 is 15.2 Å². The van der Waals surface area contributed by atoms with Crippen LogP contribution < -0.4 is 5.32 Å². The summed E-state index contributed by atoms with van der Waals surface area (Å²) in [7, 11) is 0. The molecule has 0 aliphatic carbocycles. The smallest absolute Gasteiger partial charge is 0.340 e. The number of epoxide rings is 1. The number of hydrogen-bond acceptors (Lipinski definition) is 3. The number of ether oxygens (including phenoxy) is 1. The van der Waals surface area contributed by atoms with E-state index in [0.29, 0.717) is 6.54 Å². The van der Waals surface area contributed by atoms with Gasteiger partial charge in [0.2, 0.25) is 0 Å². The summed E-state index contributed by atoms with van der Waals surface area (Å²) < 4.78 is 4.61. The zero-order chi connectivity index (χ0) is 10.1. The normalized spacial score (nSPS) is 19.2. The fourth-order valence-corrected chi connectivity index (χ4v) is 0.488. The second-order valence-corrected chi connectivity index (χ2v) is 2.36. The van der Waals surface area contributed by atoms with Crippen molar-refractivity contribution in [3.63, 3.8) is 0 Å². The van der Waals surface area contributed by atoms with Crippen LogP contribution in [0.25, 0.3) is 0 Å². The first-order valence-corrected chi connectivity index (χ1v) is 4.23. The topological polar surface area (TPSA) is 74.2 Å². The molecule has 13 heavy (non-hydrogen) atoms. The number of carbonyl (C=O) groups is 1. The SMILES string of the molecule is CC=NC(=O)NCC.OCC1CO1. The molecule has 5 heteroatoms. The number of rotatable bonds is 2. The minimum Gasteiger partial charge on any atom is -0.394 e. The van der Waals surface area contributed by atoms with Gasteiger partial charge in [-0.3, -0.25) is 0 Å². The maximum Gasteiger partial charge on any atom is 0.340 e. The highest BCUT2D eigenvalue weighted by molar-refractivity contribution is 5.82. The first-order chi connectivity index (χ1) is 6.24. The minimum absolute atomic E-state index is 0.190. The van der Waals surface area contributed by atoms with Gasteiger partial charge in [0.25, 0.3) is 0 Å². The van der Waals surface area contributed by atoms with E-state index in [1.54, 1.807) is 6.92 Å². The number of nitrogens with one attached hydrogen (secondary N) is 1. The van der Waals surface area contributed by atoms with Crippen LogP contribution in [0.2, 0.25) is 0 Å². The Hall–Kier alpha value is -0.940. The first kappa shape index (κ1) is 12.1. The highest BCUT2D eigenvalue weighted by Gasteiger charge is 2.19. The summed E-state index contributed by atoms with van der Waals surface area (Å²) >= 11 is 0. The van der Waals surface area contributed by atoms with Gasteiger partial charge in [-0.25, -0.2) is 9.79 Å². The van der Waals surface area contributed by atoms with Crippen LogP contribution in [0, 0.1) is 0 Å². The molecule has 2 N–H and O–H groups in total. The van der Waals surface area contributed by atoms with Crippen LogP contribution in [-0.2, 0) is 4.74 Å². The molecule has 0 radical (unpaired) electrons. The van der Waals surface area contributed by atoms with E-state index in [1.807, 2.05) is 6.92 Å². The van der Waals surface area contributed by atoms with E-state index in [0.717, 1.165) is 6.61 Å². The number of aliphatic imine (C=N–C) groups is 1.